The van der Waals surface area contributed by atoms with E-state index in [9.17, 15) is 13.6 Å². The number of amides is 1. The first-order chi connectivity index (χ1) is 9.45. The van der Waals surface area contributed by atoms with Gasteiger partial charge >= 0.3 is 0 Å². The summed E-state index contributed by atoms with van der Waals surface area (Å²) in [6.07, 6.45) is 3.05. The van der Waals surface area contributed by atoms with E-state index in [2.05, 4.69) is 5.32 Å². The van der Waals surface area contributed by atoms with Gasteiger partial charge in [0, 0.05) is 18.2 Å². The Morgan fingerprint density at radius 1 is 1.35 bits per heavy atom. The Balaban J connectivity index is 2.06. The van der Waals surface area contributed by atoms with E-state index in [0.717, 1.165) is 25.0 Å². The molecule has 0 aromatic heterocycles. The lowest BCUT2D eigenvalue weighted by Crippen LogP contribution is -2.47. The van der Waals surface area contributed by atoms with Gasteiger partial charge in [0.2, 0.25) is 5.91 Å². The standard InChI is InChI=1S/C14H16F2N2OS/c15-10-4-3-9(11(16)7-10)8-18-13(19)14(12(17)20)5-1-2-6-14/h3-4,7H,1-2,5-6,8H2,(H2,17,20)(H,18,19). The maximum atomic E-state index is 13.5. The number of hydrogen-bond acceptors (Lipinski definition) is 2. The van der Waals surface area contributed by atoms with Gasteiger partial charge in [-0.3, -0.25) is 4.79 Å². The Kier molecular flexibility index (Phi) is 4.32. The predicted octanol–water partition coefficient (Wildman–Crippen LogP) is 2.43. The van der Waals surface area contributed by atoms with Crippen molar-refractivity contribution in [2.75, 3.05) is 0 Å². The molecule has 20 heavy (non-hydrogen) atoms. The molecule has 3 nitrogen and oxygen atoms in total. The predicted molar refractivity (Wildman–Crippen MR) is 75.9 cm³/mol. The van der Waals surface area contributed by atoms with Crippen molar-refractivity contribution in [3.8, 4) is 0 Å². The lowest BCUT2D eigenvalue weighted by molar-refractivity contribution is -0.127. The molecule has 1 aromatic carbocycles. The third-order valence-electron chi connectivity index (χ3n) is 3.82. The maximum absolute atomic E-state index is 13.5. The molecular weight excluding hydrogens is 282 g/mol. The van der Waals surface area contributed by atoms with Crippen LogP contribution in [-0.2, 0) is 11.3 Å². The number of rotatable bonds is 4. The minimum absolute atomic E-state index is 0.00465. The molecule has 1 amide bonds. The van der Waals surface area contributed by atoms with Crippen molar-refractivity contribution in [1.82, 2.24) is 5.32 Å². The zero-order chi connectivity index (χ0) is 14.8. The van der Waals surface area contributed by atoms with Gasteiger partial charge in [-0.15, -0.1) is 0 Å². The highest BCUT2D eigenvalue weighted by Crippen LogP contribution is 2.38. The first-order valence-electron chi connectivity index (χ1n) is 6.48. The summed E-state index contributed by atoms with van der Waals surface area (Å²) in [5.41, 5.74) is 5.12. The fourth-order valence-corrected chi connectivity index (χ4v) is 2.87. The van der Waals surface area contributed by atoms with Crippen LogP contribution in [0.1, 0.15) is 31.2 Å². The van der Waals surface area contributed by atoms with E-state index in [4.69, 9.17) is 18.0 Å². The van der Waals surface area contributed by atoms with Crippen LogP contribution in [0.15, 0.2) is 18.2 Å². The summed E-state index contributed by atoms with van der Waals surface area (Å²) in [5, 5.41) is 2.65. The zero-order valence-electron chi connectivity index (χ0n) is 10.9. The van der Waals surface area contributed by atoms with E-state index in [1.54, 1.807) is 0 Å². The van der Waals surface area contributed by atoms with Crippen LogP contribution >= 0.6 is 12.2 Å². The van der Waals surface area contributed by atoms with Gasteiger partial charge in [-0.05, 0) is 18.9 Å². The zero-order valence-corrected chi connectivity index (χ0v) is 11.7. The largest absolute Gasteiger partial charge is 0.392 e. The van der Waals surface area contributed by atoms with E-state index < -0.39 is 17.0 Å². The molecule has 2 rings (SSSR count). The van der Waals surface area contributed by atoms with Crippen molar-refractivity contribution < 1.29 is 13.6 Å². The SMILES string of the molecule is NC(=S)C1(C(=O)NCc2ccc(F)cc2F)CCCC1. The van der Waals surface area contributed by atoms with E-state index in [1.807, 2.05) is 0 Å². The Morgan fingerprint density at radius 2 is 2.00 bits per heavy atom. The van der Waals surface area contributed by atoms with Crippen LogP contribution in [0.2, 0.25) is 0 Å². The molecule has 0 saturated heterocycles. The molecule has 108 valence electrons. The van der Waals surface area contributed by atoms with Crippen LogP contribution < -0.4 is 11.1 Å². The minimum Gasteiger partial charge on any atom is -0.392 e. The highest BCUT2D eigenvalue weighted by molar-refractivity contribution is 7.80. The smallest absolute Gasteiger partial charge is 0.233 e. The van der Waals surface area contributed by atoms with Crippen molar-refractivity contribution in [1.29, 1.82) is 0 Å². The summed E-state index contributed by atoms with van der Waals surface area (Å²) in [6.45, 7) is -0.00465. The summed E-state index contributed by atoms with van der Waals surface area (Å²) in [5.74, 6) is -1.60. The van der Waals surface area contributed by atoms with Crippen molar-refractivity contribution >= 4 is 23.1 Å². The highest BCUT2D eigenvalue weighted by atomic mass is 32.1. The van der Waals surface area contributed by atoms with Gasteiger partial charge in [0.15, 0.2) is 0 Å². The summed E-state index contributed by atoms with van der Waals surface area (Å²) in [4.78, 5) is 12.5. The average molecular weight is 298 g/mol. The summed E-state index contributed by atoms with van der Waals surface area (Å²) in [7, 11) is 0. The van der Waals surface area contributed by atoms with Gasteiger partial charge in [-0.25, -0.2) is 8.78 Å². The molecule has 1 aromatic rings. The Morgan fingerprint density at radius 3 is 2.55 bits per heavy atom. The molecule has 0 atom stereocenters. The Hall–Kier alpha value is -1.56. The van der Waals surface area contributed by atoms with Crippen molar-refractivity contribution in [3.05, 3.63) is 35.4 Å². The first kappa shape index (κ1) is 14.8. The maximum Gasteiger partial charge on any atom is 0.233 e. The fraction of sp³-hybridized carbons (Fsp3) is 0.429. The number of thiocarbonyl (C=S) groups is 1. The number of benzene rings is 1. The van der Waals surface area contributed by atoms with Gasteiger partial charge < -0.3 is 11.1 Å². The lowest BCUT2D eigenvalue weighted by atomic mass is 9.85. The molecule has 0 unspecified atom stereocenters. The van der Waals surface area contributed by atoms with Crippen LogP contribution in [0, 0.1) is 17.0 Å². The first-order valence-corrected chi connectivity index (χ1v) is 6.89. The number of carbonyl (C=O) groups is 1. The molecular formula is C14H16F2N2OS. The molecule has 3 N–H and O–H groups in total. The second kappa shape index (κ2) is 5.83. The number of carbonyl (C=O) groups excluding carboxylic acids is 1. The molecule has 0 aliphatic heterocycles. The van der Waals surface area contributed by atoms with E-state index in [-0.39, 0.29) is 23.0 Å². The van der Waals surface area contributed by atoms with Crippen molar-refractivity contribution in [2.24, 2.45) is 11.1 Å². The van der Waals surface area contributed by atoms with Crippen LogP contribution in [0.3, 0.4) is 0 Å². The number of nitrogens with two attached hydrogens (primary N) is 1. The van der Waals surface area contributed by atoms with Gasteiger partial charge in [0.25, 0.3) is 0 Å². The third kappa shape index (κ3) is 2.80. The summed E-state index contributed by atoms with van der Waals surface area (Å²) in [6, 6.07) is 3.26. The highest BCUT2D eigenvalue weighted by Gasteiger charge is 2.43. The molecule has 1 saturated carbocycles. The second-order valence-electron chi connectivity index (χ2n) is 5.07. The van der Waals surface area contributed by atoms with E-state index in [1.165, 1.54) is 6.07 Å². The van der Waals surface area contributed by atoms with Crippen molar-refractivity contribution in [2.45, 2.75) is 32.2 Å². The number of nitrogens with one attached hydrogen (secondary N) is 1. The molecule has 1 aliphatic rings. The molecule has 0 bridgehead atoms. The van der Waals surface area contributed by atoms with Gasteiger partial charge in [0.1, 0.15) is 11.6 Å². The van der Waals surface area contributed by atoms with Crippen LogP contribution in [0.25, 0.3) is 0 Å². The number of halogens is 2. The topological polar surface area (TPSA) is 55.1 Å². The number of hydrogen-bond donors (Lipinski definition) is 2. The quantitative estimate of drug-likeness (QED) is 0.839. The molecule has 6 heteroatoms. The average Bonchev–Trinajstić information content (AvgIpc) is 2.88. The normalized spacial score (nSPS) is 16.9. The second-order valence-corrected chi connectivity index (χ2v) is 5.51. The Labute approximate surface area is 121 Å². The van der Waals surface area contributed by atoms with Gasteiger partial charge in [0.05, 0.1) is 10.4 Å². The molecule has 0 heterocycles. The monoisotopic (exact) mass is 298 g/mol. The van der Waals surface area contributed by atoms with Gasteiger partial charge in [-0.2, -0.15) is 0 Å². The third-order valence-corrected chi connectivity index (χ3v) is 4.21. The van der Waals surface area contributed by atoms with E-state index >= 15 is 0 Å². The summed E-state index contributed by atoms with van der Waals surface area (Å²) >= 11 is 5.01. The van der Waals surface area contributed by atoms with Gasteiger partial charge in [-0.1, -0.05) is 31.1 Å². The summed E-state index contributed by atoms with van der Waals surface area (Å²) < 4.78 is 26.3. The molecule has 0 spiro atoms. The molecule has 1 fully saturated rings. The Bertz CT molecular complexity index is 542. The van der Waals surface area contributed by atoms with Crippen LogP contribution in [-0.4, -0.2) is 10.9 Å². The molecule has 0 radical (unpaired) electrons. The van der Waals surface area contributed by atoms with Crippen molar-refractivity contribution in [3.63, 3.8) is 0 Å². The lowest BCUT2D eigenvalue weighted by Gasteiger charge is -2.26. The van der Waals surface area contributed by atoms with Crippen LogP contribution in [0.4, 0.5) is 8.78 Å². The minimum atomic E-state index is -0.814. The molecule has 1 aliphatic carbocycles. The van der Waals surface area contributed by atoms with E-state index in [0.29, 0.717) is 12.8 Å². The fourth-order valence-electron chi connectivity index (χ4n) is 2.57. The van der Waals surface area contributed by atoms with Crippen LogP contribution in [0.5, 0.6) is 0 Å².